The fourth-order valence-electron chi connectivity index (χ4n) is 2.15. The molecule has 0 bridgehead atoms. The summed E-state index contributed by atoms with van der Waals surface area (Å²) in [6.07, 6.45) is 1.28. The average molecular weight is 386 g/mol. The second-order valence-corrected chi connectivity index (χ2v) is 8.15. The van der Waals surface area contributed by atoms with Gasteiger partial charge in [0.15, 0.2) is 0 Å². The van der Waals surface area contributed by atoms with E-state index in [1.165, 1.54) is 30.1 Å². The summed E-state index contributed by atoms with van der Waals surface area (Å²) in [6, 6.07) is 3.58. The molecule has 0 saturated heterocycles. The largest absolute Gasteiger partial charge is 0.480 e. The van der Waals surface area contributed by atoms with Crippen LogP contribution in [-0.4, -0.2) is 59.3 Å². The Morgan fingerprint density at radius 1 is 1.36 bits per heavy atom. The number of carboxylic acid groups (broad SMARTS) is 1. The number of aliphatic hydroxyl groups excluding tert-OH is 1. The van der Waals surface area contributed by atoms with Crippen LogP contribution in [0.15, 0.2) is 40.8 Å². The Labute approximate surface area is 149 Å². The molecule has 8 nitrogen and oxygen atoms in total. The number of carbonyl (C=O) groups excluding carboxylic acids is 1. The lowest BCUT2D eigenvalue weighted by Crippen LogP contribution is -2.54. The highest BCUT2D eigenvalue weighted by Crippen LogP contribution is 2.26. The zero-order valence-corrected chi connectivity index (χ0v) is 15.0. The number of aliphatic hydroxyl groups is 1. The molecule has 2 atom stereocenters. The number of thioether (sulfide) groups is 1. The molecule has 0 aliphatic carbocycles. The molecule has 10 heteroatoms. The molecule has 1 aromatic carbocycles. The number of aliphatic carboxylic acids is 1. The van der Waals surface area contributed by atoms with Crippen molar-refractivity contribution in [3.8, 4) is 0 Å². The van der Waals surface area contributed by atoms with Crippen LogP contribution in [0.2, 0.25) is 0 Å². The average Bonchev–Trinajstić information content (AvgIpc) is 2.59. The molecule has 1 amide bonds. The summed E-state index contributed by atoms with van der Waals surface area (Å²) >= 11 is 1.23. The molecule has 25 heavy (non-hydrogen) atoms. The first kappa shape index (κ1) is 19.3. The maximum absolute atomic E-state index is 12.8. The van der Waals surface area contributed by atoms with Gasteiger partial charge in [0.05, 0.1) is 11.5 Å². The first-order chi connectivity index (χ1) is 11.8. The number of benzene rings is 1. The van der Waals surface area contributed by atoms with E-state index in [2.05, 4.69) is 5.32 Å². The molecule has 3 N–H and O–H groups in total. The van der Waals surface area contributed by atoms with Crippen LogP contribution >= 0.6 is 11.8 Å². The fourth-order valence-corrected chi connectivity index (χ4v) is 4.60. The molecule has 1 aromatic rings. The van der Waals surface area contributed by atoms with Gasteiger partial charge in [-0.1, -0.05) is 17.7 Å². The van der Waals surface area contributed by atoms with Gasteiger partial charge in [0.2, 0.25) is 5.91 Å². The van der Waals surface area contributed by atoms with E-state index in [0.717, 1.165) is 9.87 Å². The topological polar surface area (TPSA) is 124 Å². The summed E-state index contributed by atoms with van der Waals surface area (Å²) in [5, 5.41) is 21.7. The van der Waals surface area contributed by atoms with E-state index < -0.39 is 40.6 Å². The summed E-state index contributed by atoms with van der Waals surface area (Å²) < 4.78 is 26.6. The molecule has 0 unspecified atom stereocenters. The Bertz CT molecular complexity index is 776. The van der Waals surface area contributed by atoms with Gasteiger partial charge in [-0.05, 0) is 24.5 Å². The lowest BCUT2D eigenvalue weighted by atomic mass is 10.2. The van der Waals surface area contributed by atoms with E-state index in [-0.39, 0.29) is 10.6 Å². The van der Waals surface area contributed by atoms with Gasteiger partial charge in [-0.2, -0.15) is 0 Å². The molecule has 0 spiro atoms. The first-order valence-corrected chi connectivity index (χ1v) is 9.78. The van der Waals surface area contributed by atoms with Crippen molar-refractivity contribution in [2.24, 2.45) is 0 Å². The minimum absolute atomic E-state index is 0.0318. The van der Waals surface area contributed by atoms with Gasteiger partial charge in [-0.15, -0.1) is 11.8 Å². The second kappa shape index (κ2) is 7.89. The van der Waals surface area contributed by atoms with E-state index in [1.54, 1.807) is 17.5 Å². The smallest absolute Gasteiger partial charge is 0.328 e. The Hall–Kier alpha value is -2.04. The van der Waals surface area contributed by atoms with Crippen molar-refractivity contribution in [2.45, 2.75) is 23.9 Å². The van der Waals surface area contributed by atoms with Crippen molar-refractivity contribution in [3.63, 3.8) is 0 Å². The van der Waals surface area contributed by atoms with Gasteiger partial charge >= 0.3 is 5.97 Å². The van der Waals surface area contributed by atoms with Crippen molar-refractivity contribution in [2.75, 3.05) is 12.4 Å². The molecule has 136 valence electrons. The lowest BCUT2D eigenvalue weighted by Gasteiger charge is -2.31. The number of sulfonamides is 1. The maximum atomic E-state index is 12.8. The van der Waals surface area contributed by atoms with Gasteiger partial charge in [-0.25, -0.2) is 13.2 Å². The zero-order valence-electron chi connectivity index (χ0n) is 13.3. The predicted octanol–water partition coefficient (Wildman–Crippen LogP) is 0.134. The molecule has 1 aliphatic rings. The third kappa shape index (κ3) is 4.33. The Morgan fingerprint density at radius 3 is 2.56 bits per heavy atom. The Morgan fingerprint density at radius 2 is 2.00 bits per heavy atom. The van der Waals surface area contributed by atoms with Crippen LogP contribution < -0.4 is 5.32 Å². The quantitative estimate of drug-likeness (QED) is 0.635. The van der Waals surface area contributed by atoms with Crippen LogP contribution in [0.5, 0.6) is 0 Å². The highest BCUT2D eigenvalue weighted by Gasteiger charge is 2.36. The van der Waals surface area contributed by atoms with Gasteiger partial charge in [0.25, 0.3) is 10.0 Å². The number of carbonyl (C=O) groups is 2. The molecular weight excluding hydrogens is 368 g/mol. The van der Waals surface area contributed by atoms with Gasteiger partial charge in [-0.3, -0.25) is 9.10 Å². The number of rotatable bonds is 6. The highest BCUT2D eigenvalue weighted by atomic mass is 32.2. The first-order valence-electron chi connectivity index (χ1n) is 7.30. The predicted molar refractivity (Wildman–Crippen MR) is 92.2 cm³/mol. The number of carboxylic acids is 1. The minimum Gasteiger partial charge on any atom is -0.480 e. The molecule has 0 radical (unpaired) electrons. The van der Waals surface area contributed by atoms with Crippen LogP contribution in [0.1, 0.15) is 5.56 Å². The van der Waals surface area contributed by atoms with E-state index in [4.69, 9.17) is 10.2 Å². The zero-order chi connectivity index (χ0) is 18.6. The van der Waals surface area contributed by atoms with Gasteiger partial charge in [0.1, 0.15) is 12.1 Å². The molecule has 0 aromatic heterocycles. The van der Waals surface area contributed by atoms with Crippen molar-refractivity contribution in [1.29, 1.82) is 0 Å². The van der Waals surface area contributed by atoms with Crippen LogP contribution in [-0.2, 0) is 19.6 Å². The van der Waals surface area contributed by atoms with Crippen LogP contribution in [0.4, 0.5) is 0 Å². The van der Waals surface area contributed by atoms with Crippen molar-refractivity contribution in [1.82, 2.24) is 9.62 Å². The van der Waals surface area contributed by atoms with E-state index in [0.29, 0.717) is 0 Å². The number of hydrogen-bond acceptors (Lipinski definition) is 6. The monoisotopic (exact) mass is 386 g/mol. The minimum atomic E-state index is -3.97. The van der Waals surface area contributed by atoms with Crippen LogP contribution in [0, 0.1) is 6.92 Å². The van der Waals surface area contributed by atoms with E-state index in [9.17, 15) is 18.0 Å². The molecular formula is C15H18N2O6S2. The van der Waals surface area contributed by atoms with Gasteiger partial charge in [0, 0.05) is 12.0 Å². The fraction of sp³-hybridized carbons (Fsp3) is 0.333. The summed E-state index contributed by atoms with van der Waals surface area (Å²) in [6.45, 7) is 1.03. The molecule has 2 rings (SSSR count). The maximum Gasteiger partial charge on any atom is 0.328 e. The van der Waals surface area contributed by atoms with Crippen molar-refractivity contribution in [3.05, 3.63) is 41.4 Å². The summed E-state index contributed by atoms with van der Waals surface area (Å²) in [4.78, 5) is 23.4. The van der Waals surface area contributed by atoms with Crippen molar-refractivity contribution < 1.29 is 28.2 Å². The lowest BCUT2D eigenvalue weighted by molar-refractivity contribution is -0.143. The third-order valence-corrected chi connectivity index (χ3v) is 6.18. The number of hydrogen-bond donors (Lipinski definition) is 3. The number of nitrogens with zero attached hydrogens (tertiary/aromatic N) is 1. The van der Waals surface area contributed by atoms with Crippen LogP contribution in [0.25, 0.3) is 0 Å². The second-order valence-electron chi connectivity index (χ2n) is 5.36. The highest BCUT2D eigenvalue weighted by molar-refractivity contribution is 8.02. The van der Waals surface area contributed by atoms with Gasteiger partial charge < -0.3 is 15.5 Å². The molecule has 0 saturated carbocycles. The number of aryl methyl sites for hydroxylation is 1. The third-order valence-electron chi connectivity index (χ3n) is 3.56. The van der Waals surface area contributed by atoms with E-state index >= 15 is 0 Å². The van der Waals surface area contributed by atoms with Crippen LogP contribution in [0.3, 0.4) is 0 Å². The van der Waals surface area contributed by atoms with E-state index in [1.807, 2.05) is 6.92 Å². The Balaban J connectivity index is 2.29. The Kier molecular flexibility index (Phi) is 6.09. The number of nitrogens with one attached hydrogen (secondary N) is 1. The summed E-state index contributed by atoms with van der Waals surface area (Å²) in [7, 11) is -3.97. The number of amides is 1. The summed E-state index contributed by atoms with van der Waals surface area (Å²) in [5.41, 5.74) is 0.894. The molecule has 1 aliphatic heterocycles. The van der Waals surface area contributed by atoms with Crippen molar-refractivity contribution >= 4 is 33.7 Å². The SMILES string of the molecule is Cc1ccc(S(=O)(=O)N2C=CSC[C@H]2C(=O)N[C@@H](CO)C(=O)O)cc1. The molecule has 1 heterocycles. The standard InChI is InChI=1S/C15H18N2O6S2/c1-10-2-4-11(5-3-10)25(22,23)17-6-7-24-9-13(17)14(19)16-12(8-18)15(20)21/h2-7,12-13,18H,8-9H2,1H3,(H,16,19)(H,20,21)/t12-,13-/m0/s1. The molecule has 0 fully saturated rings. The normalized spacial score (nSPS) is 18.6. The summed E-state index contributed by atoms with van der Waals surface area (Å²) in [5.74, 6) is -2.05.